The Morgan fingerprint density at radius 3 is 2.57 bits per heavy atom. The maximum atomic E-state index is 12.8. The summed E-state index contributed by atoms with van der Waals surface area (Å²) in [6.45, 7) is 0. The average molecular weight is 302 g/mol. The highest BCUT2D eigenvalue weighted by Gasteiger charge is 2.64. The number of rotatable bonds is 4. The summed E-state index contributed by atoms with van der Waals surface area (Å²) in [7, 11) is -3.52. The molecule has 0 aliphatic heterocycles. The fraction of sp³-hybridized carbons (Fsp3) is 0.471. The number of benzene rings is 1. The van der Waals surface area contributed by atoms with Crippen LogP contribution in [0.1, 0.15) is 19.3 Å². The van der Waals surface area contributed by atoms with E-state index in [4.69, 9.17) is 0 Å². The molecule has 21 heavy (non-hydrogen) atoms. The van der Waals surface area contributed by atoms with Gasteiger partial charge in [0, 0.05) is 5.41 Å². The number of Topliss-reactive ketones (excluding diaryl/α,β-unsaturated/α-hetero) is 1. The SMILES string of the molecule is O=C(CS(=O)(=O)c1ccccc1)[C@]12CC[C@H]1[C@@H]1C=C[C@H]2C1. The van der Waals surface area contributed by atoms with Crippen LogP contribution in [0.4, 0.5) is 0 Å². The van der Waals surface area contributed by atoms with Gasteiger partial charge in [0.2, 0.25) is 0 Å². The van der Waals surface area contributed by atoms with Gasteiger partial charge in [-0.25, -0.2) is 8.42 Å². The van der Waals surface area contributed by atoms with E-state index in [2.05, 4.69) is 12.2 Å². The molecule has 0 spiro atoms. The summed E-state index contributed by atoms with van der Waals surface area (Å²) in [6.07, 6.45) is 7.36. The van der Waals surface area contributed by atoms with E-state index >= 15 is 0 Å². The first kappa shape index (κ1) is 13.3. The largest absolute Gasteiger partial charge is 0.298 e. The molecule has 0 amide bonds. The molecule has 110 valence electrons. The summed E-state index contributed by atoms with van der Waals surface area (Å²) < 4.78 is 24.9. The molecular weight excluding hydrogens is 284 g/mol. The van der Waals surface area contributed by atoms with Crippen molar-refractivity contribution in [3.05, 3.63) is 42.5 Å². The minimum atomic E-state index is -3.52. The van der Waals surface area contributed by atoms with Crippen LogP contribution in [0.25, 0.3) is 0 Å². The zero-order chi connectivity index (χ0) is 14.7. The molecule has 0 saturated heterocycles. The number of ketones is 1. The molecule has 0 N–H and O–H groups in total. The molecule has 3 nitrogen and oxygen atoms in total. The Bertz CT molecular complexity index is 720. The van der Waals surface area contributed by atoms with Crippen molar-refractivity contribution in [2.45, 2.75) is 24.2 Å². The number of carbonyl (C=O) groups excluding carboxylic acids is 1. The van der Waals surface area contributed by atoms with Crippen LogP contribution in [-0.4, -0.2) is 20.0 Å². The number of allylic oxidation sites excluding steroid dienone is 2. The van der Waals surface area contributed by atoms with Gasteiger partial charge in [0.1, 0.15) is 5.75 Å². The zero-order valence-electron chi connectivity index (χ0n) is 11.7. The van der Waals surface area contributed by atoms with Gasteiger partial charge in [-0.3, -0.25) is 4.79 Å². The van der Waals surface area contributed by atoms with Gasteiger partial charge in [-0.15, -0.1) is 0 Å². The molecule has 2 fully saturated rings. The normalized spacial score (nSPS) is 36.3. The minimum Gasteiger partial charge on any atom is -0.298 e. The van der Waals surface area contributed by atoms with E-state index < -0.39 is 9.84 Å². The van der Waals surface area contributed by atoms with Gasteiger partial charge in [-0.1, -0.05) is 30.4 Å². The maximum Gasteiger partial charge on any atom is 0.185 e. The Balaban J connectivity index is 1.61. The lowest BCUT2D eigenvalue weighted by molar-refractivity contribution is -0.138. The van der Waals surface area contributed by atoms with Gasteiger partial charge in [0.25, 0.3) is 0 Å². The van der Waals surface area contributed by atoms with Crippen LogP contribution < -0.4 is 0 Å². The lowest BCUT2D eigenvalue weighted by Gasteiger charge is -2.49. The van der Waals surface area contributed by atoms with Crippen LogP contribution in [0.5, 0.6) is 0 Å². The molecule has 0 radical (unpaired) electrons. The van der Waals surface area contributed by atoms with Crippen LogP contribution >= 0.6 is 0 Å². The van der Waals surface area contributed by atoms with Crippen molar-refractivity contribution in [3.8, 4) is 0 Å². The highest BCUT2D eigenvalue weighted by Crippen LogP contribution is 2.67. The molecule has 1 aromatic carbocycles. The van der Waals surface area contributed by atoms with Crippen LogP contribution in [0.2, 0.25) is 0 Å². The van der Waals surface area contributed by atoms with Crippen LogP contribution in [-0.2, 0) is 14.6 Å². The third-order valence-corrected chi connectivity index (χ3v) is 7.40. The topological polar surface area (TPSA) is 51.2 Å². The molecule has 2 saturated carbocycles. The Morgan fingerprint density at radius 1 is 1.19 bits per heavy atom. The average Bonchev–Trinajstić information content (AvgIpc) is 2.94. The van der Waals surface area contributed by atoms with E-state index in [-0.39, 0.29) is 27.8 Å². The van der Waals surface area contributed by atoms with E-state index in [1.54, 1.807) is 30.3 Å². The summed E-state index contributed by atoms with van der Waals surface area (Å²) in [5.74, 6) is 0.780. The summed E-state index contributed by atoms with van der Waals surface area (Å²) in [6, 6.07) is 8.31. The van der Waals surface area contributed by atoms with E-state index in [0.29, 0.717) is 11.8 Å². The van der Waals surface area contributed by atoms with Crippen molar-refractivity contribution < 1.29 is 13.2 Å². The van der Waals surface area contributed by atoms with Gasteiger partial charge in [-0.05, 0) is 49.1 Å². The molecule has 2 bridgehead atoms. The van der Waals surface area contributed by atoms with Gasteiger partial charge in [0.05, 0.1) is 4.90 Å². The number of hydrogen-bond donors (Lipinski definition) is 0. The standard InChI is InChI=1S/C17H18O3S/c18-16(11-21(19,20)14-4-2-1-3-5-14)17-9-8-15(17)12-6-7-13(17)10-12/h1-7,12-13,15H,8-11H2/t12-,13+,15+,17+/m1/s1. The number of hydrogen-bond acceptors (Lipinski definition) is 3. The van der Waals surface area contributed by atoms with Gasteiger partial charge in [0.15, 0.2) is 15.6 Å². The van der Waals surface area contributed by atoms with Crippen LogP contribution in [0, 0.1) is 23.2 Å². The molecule has 4 rings (SSSR count). The van der Waals surface area contributed by atoms with Crippen LogP contribution in [0.15, 0.2) is 47.4 Å². The number of carbonyl (C=O) groups is 1. The van der Waals surface area contributed by atoms with Gasteiger partial charge >= 0.3 is 0 Å². The molecule has 4 heteroatoms. The van der Waals surface area contributed by atoms with E-state index in [0.717, 1.165) is 19.3 Å². The molecule has 0 aromatic heterocycles. The number of fused-ring (bicyclic) bond motifs is 5. The lowest BCUT2D eigenvalue weighted by atomic mass is 9.53. The third kappa shape index (κ3) is 1.71. The molecule has 3 aliphatic rings. The second kappa shape index (κ2) is 4.29. The highest BCUT2D eigenvalue weighted by molar-refractivity contribution is 7.92. The molecule has 3 aliphatic carbocycles. The van der Waals surface area contributed by atoms with Crippen molar-refractivity contribution in [3.63, 3.8) is 0 Å². The lowest BCUT2D eigenvalue weighted by Crippen LogP contribution is -2.51. The number of sulfone groups is 1. The Kier molecular flexibility index (Phi) is 2.71. The van der Waals surface area contributed by atoms with Gasteiger partial charge in [-0.2, -0.15) is 0 Å². The maximum absolute atomic E-state index is 12.8. The fourth-order valence-corrected chi connectivity index (χ4v) is 6.01. The summed E-state index contributed by atoms with van der Waals surface area (Å²) in [5, 5.41) is 0. The smallest absolute Gasteiger partial charge is 0.185 e. The first-order valence-corrected chi connectivity index (χ1v) is 9.19. The Labute approximate surface area is 125 Å². The summed E-state index contributed by atoms with van der Waals surface area (Å²) in [5.41, 5.74) is -0.360. The molecule has 1 aromatic rings. The summed E-state index contributed by atoms with van der Waals surface area (Å²) >= 11 is 0. The van der Waals surface area contributed by atoms with Crippen molar-refractivity contribution in [1.82, 2.24) is 0 Å². The zero-order valence-corrected chi connectivity index (χ0v) is 12.6. The predicted octanol–water partition coefficient (Wildman–Crippen LogP) is 2.63. The monoisotopic (exact) mass is 302 g/mol. The first-order valence-electron chi connectivity index (χ1n) is 7.53. The van der Waals surface area contributed by atoms with Crippen molar-refractivity contribution in [2.24, 2.45) is 23.2 Å². The van der Waals surface area contributed by atoms with E-state index in [9.17, 15) is 13.2 Å². The minimum absolute atomic E-state index is 0.0561. The third-order valence-electron chi connectivity index (χ3n) is 5.77. The highest BCUT2D eigenvalue weighted by atomic mass is 32.2. The molecular formula is C17H18O3S. The first-order chi connectivity index (χ1) is 10.0. The summed E-state index contributed by atoms with van der Waals surface area (Å²) in [4.78, 5) is 13.0. The van der Waals surface area contributed by atoms with Gasteiger partial charge < -0.3 is 0 Å². The predicted molar refractivity (Wildman–Crippen MR) is 79.4 cm³/mol. The second-order valence-electron chi connectivity index (χ2n) is 6.57. The van der Waals surface area contributed by atoms with E-state index in [1.807, 2.05) is 0 Å². The van der Waals surface area contributed by atoms with Crippen LogP contribution in [0.3, 0.4) is 0 Å². The van der Waals surface area contributed by atoms with Crippen molar-refractivity contribution in [1.29, 1.82) is 0 Å². The molecule has 0 unspecified atom stereocenters. The molecule has 4 atom stereocenters. The second-order valence-corrected chi connectivity index (χ2v) is 8.56. The molecule has 0 heterocycles. The Hall–Kier alpha value is -1.42. The van der Waals surface area contributed by atoms with Crippen molar-refractivity contribution in [2.75, 3.05) is 5.75 Å². The van der Waals surface area contributed by atoms with Crippen molar-refractivity contribution >= 4 is 15.6 Å². The Morgan fingerprint density at radius 2 is 1.95 bits per heavy atom. The fourth-order valence-electron chi connectivity index (χ4n) is 4.66. The quantitative estimate of drug-likeness (QED) is 0.803. The van der Waals surface area contributed by atoms with E-state index in [1.165, 1.54) is 0 Å².